The lowest BCUT2D eigenvalue weighted by molar-refractivity contribution is -0.126. The zero-order valence-electron chi connectivity index (χ0n) is 12.1. The Morgan fingerprint density at radius 3 is 2.00 bits per heavy atom. The van der Waals surface area contributed by atoms with Crippen LogP contribution in [0.1, 0.15) is 66.2 Å². The van der Waals surface area contributed by atoms with Crippen molar-refractivity contribution < 1.29 is 0 Å². The van der Waals surface area contributed by atoms with Crippen molar-refractivity contribution in [1.29, 1.82) is 0 Å². The highest BCUT2D eigenvalue weighted by atomic mass is 14.8. The lowest BCUT2D eigenvalue weighted by Crippen LogP contribution is -2.60. The van der Waals surface area contributed by atoms with Crippen LogP contribution in [-0.2, 0) is 0 Å². The number of hydrogen-bond acceptors (Lipinski definition) is 1. The zero-order chi connectivity index (χ0) is 12.5. The second-order valence-electron chi connectivity index (χ2n) is 8.98. The molecule has 0 heterocycles. The molecular formula is C16H29N. The van der Waals surface area contributed by atoms with Crippen LogP contribution in [0.25, 0.3) is 0 Å². The van der Waals surface area contributed by atoms with Gasteiger partial charge in [-0.2, -0.15) is 0 Å². The third kappa shape index (κ3) is 1.77. The van der Waals surface area contributed by atoms with Gasteiger partial charge in [0.25, 0.3) is 0 Å². The topological polar surface area (TPSA) is 26.0 Å². The second kappa shape index (κ2) is 3.29. The first-order valence-electron chi connectivity index (χ1n) is 7.48. The number of nitrogens with two attached hydrogens (primary N) is 1. The van der Waals surface area contributed by atoms with Crippen LogP contribution in [0.4, 0.5) is 0 Å². The summed E-state index contributed by atoms with van der Waals surface area (Å²) in [5, 5.41) is 0. The van der Waals surface area contributed by atoms with Crippen molar-refractivity contribution in [2.24, 2.45) is 33.8 Å². The summed E-state index contributed by atoms with van der Waals surface area (Å²) in [4.78, 5) is 0. The van der Waals surface area contributed by atoms with Crippen molar-refractivity contribution >= 4 is 0 Å². The largest absolute Gasteiger partial charge is 0.327 e. The molecule has 3 unspecified atom stereocenters. The Morgan fingerprint density at radius 1 is 1.06 bits per heavy atom. The van der Waals surface area contributed by atoms with Crippen LogP contribution in [0.2, 0.25) is 0 Å². The Morgan fingerprint density at radius 2 is 1.59 bits per heavy atom. The fraction of sp³-hybridized carbons (Fsp3) is 1.00. The summed E-state index contributed by atoms with van der Waals surface area (Å²) in [6, 6.07) is 0.389. The maximum Gasteiger partial charge on any atom is 0.0145 e. The highest BCUT2D eigenvalue weighted by Gasteiger charge is 2.59. The first-order valence-corrected chi connectivity index (χ1v) is 7.48. The molecule has 0 amide bonds. The van der Waals surface area contributed by atoms with Crippen LogP contribution in [0.15, 0.2) is 0 Å². The van der Waals surface area contributed by atoms with Crippen LogP contribution >= 0.6 is 0 Å². The van der Waals surface area contributed by atoms with Gasteiger partial charge >= 0.3 is 0 Å². The van der Waals surface area contributed by atoms with Gasteiger partial charge in [0.15, 0.2) is 0 Å². The molecule has 4 aliphatic carbocycles. The first-order chi connectivity index (χ1) is 7.73. The minimum atomic E-state index is 0.266. The number of hydrogen-bond donors (Lipinski definition) is 1. The maximum atomic E-state index is 6.71. The van der Waals surface area contributed by atoms with Gasteiger partial charge in [0.05, 0.1) is 0 Å². The third-order valence-electron chi connectivity index (χ3n) is 5.99. The van der Waals surface area contributed by atoms with E-state index in [2.05, 4.69) is 27.7 Å². The Labute approximate surface area is 107 Å². The molecule has 1 heteroatoms. The molecule has 0 radical (unpaired) electrons. The lowest BCUT2D eigenvalue weighted by atomic mass is 9.42. The van der Waals surface area contributed by atoms with Gasteiger partial charge in [0, 0.05) is 6.04 Å². The van der Waals surface area contributed by atoms with Crippen LogP contribution in [0.5, 0.6) is 0 Å². The predicted molar refractivity (Wildman–Crippen MR) is 72.7 cm³/mol. The van der Waals surface area contributed by atoms with E-state index in [-0.39, 0.29) is 5.41 Å². The summed E-state index contributed by atoms with van der Waals surface area (Å²) in [6.07, 6.45) is 8.75. The van der Waals surface area contributed by atoms with Gasteiger partial charge in [-0.1, -0.05) is 27.7 Å². The average Bonchev–Trinajstić information content (AvgIpc) is 2.10. The lowest BCUT2D eigenvalue weighted by Gasteiger charge is -2.64. The van der Waals surface area contributed by atoms with Crippen molar-refractivity contribution in [1.82, 2.24) is 0 Å². The molecule has 17 heavy (non-hydrogen) atoms. The van der Waals surface area contributed by atoms with Crippen LogP contribution < -0.4 is 5.73 Å². The van der Waals surface area contributed by atoms with Crippen molar-refractivity contribution in [3.63, 3.8) is 0 Å². The predicted octanol–water partition coefficient (Wildman–Crippen LogP) is 3.97. The molecule has 4 fully saturated rings. The number of rotatable bonds is 1. The van der Waals surface area contributed by atoms with Gasteiger partial charge in [-0.3, -0.25) is 0 Å². The normalized spacial score (nSPS) is 50.6. The quantitative estimate of drug-likeness (QED) is 0.731. The molecule has 0 spiro atoms. The highest BCUT2D eigenvalue weighted by molar-refractivity contribution is 5.11. The highest BCUT2D eigenvalue weighted by Crippen LogP contribution is 2.67. The van der Waals surface area contributed by atoms with Gasteiger partial charge in [-0.25, -0.2) is 0 Å². The van der Waals surface area contributed by atoms with E-state index in [9.17, 15) is 0 Å². The Hall–Kier alpha value is -0.0400. The van der Waals surface area contributed by atoms with E-state index in [1.165, 1.54) is 38.5 Å². The van der Waals surface area contributed by atoms with Gasteiger partial charge in [0.2, 0.25) is 0 Å². The summed E-state index contributed by atoms with van der Waals surface area (Å²) in [7, 11) is 0. The van der Waals surface area contributed by atoms with Crippen molar-refractivity contribution in [3.8, 4) is 0 Å². The monoisotopic (exact) mass is 235 g/mol. The van der Waals surface area contributed by atoms with Gasteiger partial charge in [0.1, 0.15) is 0 Å². The van der Waals surface area contributed by atoms with Crippen molar-refractivity contribution in [3.05, 3.63) is 0 Å². The molecule has 1 nitrogen and oxygen atoms in total. The molecule has 0 aliphatic heterocycles. The molecule has 0 aromatic heterocycles. The third-order valence-corrected chi connectivity index (χ3v) is 5.99. The fourth-order valence-corrected chi connectivity index (χ4v) is 6.08. The molecule has 4 bridgehead atoms. The maximum absolute atomic E-state index is 6.71. The van der Waals surface area contributed by atoms with Gasteiger partial charge < -0.3 is 5.73 Å². The minimum Gasteiger partial charge on any atom is -0.327 e. The summed E-state index contributed by atoms with van der Waals surface area (Å²) in [5.41, 5.74) is 8.09. The molecule has 0 aromatic rings. The molecule has 3 atom stereocenters. The molecule has 98 valence electrons. The molecular weight excluding hydrogens is 206 g/mol. The van der Waals surface area contributed by atoms with E-state index in [0.29, 0.717) is 16.9 Å². The first kappa shape index (κ1) is 12.0. The molecule has 4 rings (SSSR count). The minimum absolute atomic E-state index is 0.266. The van der Waals surface area contributed by atoms with E-state index in [4.69, 9.17) is 5.73 Å². The molecule has 0 saturated heterocycles. The van der Waals surface area contributed by atoms with E-state index < -0.39 is 0 Å². The summed E-state index contributed by atoms with van der Waals surface area (Å²) in [6.45, 7) is 9.53. The standard InChI is InChI=1S/C16H29N/c1-14(2,3)13(17)16-8-11-5-12(9-16)7-15(4,6-11)10-16/h11-13H,5-10,17H2,1-4H3. The Kier molecular flexibility index (Phi) is 2.32. The fourth-order valence-electron chi connectivity index (χ4n) is 6.08. The summed E-state index contributed by atoms with van der Waals surface area (Å²) >= 11 is 0. The Balaban J connectivity index is 1.93. The smallest absolute Gasteiger partial charge is 0.0145 e. The van der Waals surface area contributed by atoms with E-state index in [0.717, 1.165) is 11.8 Å². The van der Waals surface area contributed by atoms with Crippen LogP contribution in [0.3, 0.4) is 0 Å². The van der Waals surface area contributed by atoms with E-state index in [1.54, 1.807) is 0 Å². The molecule has 4 saturated carbocycles. The summed E-state index contributed by atoms with van der Waals surface area (Å²) in [5.74, 6) is 1.99. The second-order valence-corrected chi connectivity index (χ2v) is 8.98. The van der Waals surface area contributed by atoms with E-state index >= 15 is 0 Å². The zero-order valence-corrected chi connectivity index (χ0v) is 12.1. The van der Waals surface area contributed by atoms with Crippen LogP contribution in [-0.4, -0.2) is 6.04 Å². The molecule has 0 aromatic carbocycles. The van der Waals surface area contributed by atoms with Gasteiger partial charge in [-0.15, -0.1) is 0 Å². The molecule has 4 aliphatic rings. The van der Waals surface area contributed by atoms with Crippen molar-refractivity contribution in [2.75, 3.05) is 0 Å². The summed E-state index contributed by atoms with van der Waals surface area (Å²) < 4.78 is 0. The van der Waals surface area contributed by atoms with Crippen LogP contribution in [0, 0.1) is 28.1 Å². The van der Waals surface area contributed by atoms with E-state index in [1.807, 2.05) is 0 Å². The SMILES string of the molecule is CC12CC3CC(C1)CC(C(N)C(C)(C)C)(C3)C2. The average molecular weight is 235 g/mol. The molecule has 2 N–H and O–H groups in total. The Bertz CT molecular complexity index is 311. The van der Waals surface area contributed by atoms with Gasteiger partial charge in [-0.05, 0) is 66.6 Å². The van der Waals surface area contributed by atoms with Crippen molar-refractivity contribution in [2.45, 2.75) is 72.3 Å².